The molecule has 5 heteroatoms. The first kappa shape index (κ1) is 17.8. The van der Waals surface area contributed by atoms with Gasteiger partial charge in [0, 0.05) is 25.3 Å². The lowest BCUT2D eigenvalue weighted by atomic mass is 9.96. The van der Waals surface area contributed by atoms with Crippen LogP contribution in [0.5, 0.6) is 0 Å². The van der Waals surface area contributed by atoms with Crippen LogP contribution < -0.4 is 11.1 Å². The van der Waals surface area contributed by atoms with Gasteiger partial charge in [0.05, 0.1) is 5.92 Å². The lowest BCUT2D eigenvalue weighted by Gasteiger charge is -2.32. The molecule has 0 spiro atoms. The lowest BCUT2D eigenvalue weighted by Crippen LogP contribution is -2.42. The van der Waals surface area contributed by atoms with Gasteiger partial charge in [-0.2, -0.15) is 0 Å². The zero-order valence-electron chi connectivity index (χ0n) is 12.7. The van der Waals surface area contributed by atoms with E-state index < -0.39 is 0 Å². The number of nitrogens with zero attached hydrogens (tertiary/aromatic N) is 1. The van der Waals surface area contributed by atoms with Crippen LogP contribution in [0.3, 0.4) is 0 Å². The first-order valence-electron chi connectivity index (χ1n) is 7.53. The van der Waals surface area contributed by atoms with Crippen LogP contribution in [0.2, 0.25) is 0 Å². The van der Waals surface area contributed by atoms with Gasteiger partial charge in [-0.1, -0.05) is 19.1 Å². The number of nitrogen functional groups attached to an aromatic ring is 1. The number of benzene rings is 1. The highest BCUT2D eigenvalue weighted by Gasteiger charge is 2.25. The lowest BCUT2D eigenvalue weighted by molar-refractivity contribution is -0.126. The van der Waals surface area contributed by atoms with Crippen molar-refractivity contribution in [3.8, 4) is 0 Å². The Balaban J connectivity index is 0.00000220. The van der Waals surface area contributed by atoms with Crippen molar-refractivity contribution in [2.45, 2.75) is 32.7 Å². The number of carbonyl (C=O) groups is 1. The molecule has 1 aliphatic rings. The van der Waals surface area contributed by atoms with Crippen molar-refractivity contribution < 1.29 is 4.79 Å². The summed E-state index contributed by atoms with van der Waals surface area (Å²) in [6, 6.07) is 8.00. The van der Waals surface area contributed by atoms with Crippen molar-refractivity contribution in [1.82, 2.24) is 10.2 Å². The molecule has 118 valence electrons. The van der Waals surface area contributed by atoms with Gasteiger partial charge in [0.1, 0.15) is 0 Å². The third kappa shape index (κ3) is 5.56. The fourth-order valence-electron chi connectivity index (χ4n) is 2.76. The van der Waals surface area contributed by atoms with Gasteiger partial charge in [0.2, 0.25) is 5.91 Å². The molecule has 0 aliphatic carbocycles. The van der Waals surface area contributed by atoms with Gasteiger partial charge in [0.15, 0.2) is 0 Å². The average Bonchev–Trinajstić information content (AvgIpc) is 2.45. The van der Waals surface area contributed by atoms with Crippen molar-refractivity contribution >= 4 is 24.0 Å². The van der Waals surface area contributed by atoms with Crippen LogP contribution in [0.25, 0.3) is 0 Å². The monoisotopic (exact) mass is 311 g/mol. The second-order valence-corrected chi connectivity index (χ2v) is 5.61. The summed E-state index contributed by atoms with van der Waals surface area (Å²) in [7, 11) is 0. The van der Waals surface area contributed by atoms with E-state index in [2.05, 4.69) is 23.2 Å². The molecular weight excluding hydrogens is 286 g/mol. The summed E-state index contributed by atoms with van der Waals surface area (Å²) in [5.41, 5.74) is 7.84. The maximum atomic E-state index is 12.1. The highest BCUT2D eigenvalue weighted by atomic mass is 35.5. The molecule has 4 nitrogen and oxygen atoms in total. The van der Waals surface area contributed by atoms with Gasteiger partial charge in [-0.25, -0.2) is 0 Å². The molecule has 0 bridgehead atoms. The molecule has 1 aliphatic heterocycles. The molecule has 1 amide bonds. The van der Waals surface area contributed by atoms with E-state index in [1.165, 1.54) is 5.56 Å². The minimum absolute atomic E-state index is 0. The largest absolute Gasteiger partial charge is 0.399 e. The molecule has 1 atom stereocenters. The van der Waals surface area contributed by atoms with Crippen LogP contribution in [-0.4, -0.2) is 30.4 Å². The van der Waals surface area contributed by atoms with E-state index in [-0.39, 0.29) is 24.2 Å². The first-order chi connectivity index (χ1) is 9.69. The van der Waals surface area contributed by atoms with Crippen molar-refractivity contribution in [2.75, 3.05) is 25.4 Å². The molecule has 3 N–H and O–H groups in total. The Morgan fingerprint density at radius 2 is 2.29 bits per heavy atom. The number of hydrogen-bond acceptors (Lipinski definition) is 3. The van der Waals surface area contributed by atoms with Crippen molar-refractivity contribution in [2.24, 2.45) is 5.92 Å². The van der Waals surface area contributed by atoms with Crippen LogP contribution in [0, 0.1) is 5.92 Å². The number of hydrogen-bond donors (Lipinski definition) is 2. The zero-order chi connectivity index (χ0) is 14.4. The molecule has 1 fully saturated rings. The number of piperidine rings is 1. The minimum Gasteiger partial charge on any atom is -0.399 e. The molecule has 1 heterocycles. The van der Waals surface area contributed by atoms with Gasteiger partial charge in [-0.05, 0) is 43.5 Å². The molecule has 0 saturated carbocycles. The van der Waals surface area contributed by atoms with Crippen molar-refractivity contribution in [1.29, 1.82) is 0 Å². The van der Waals surface area contributed by atoms with Gasteiger partial charge in [0.25, 0.3) is 0 Å². The van der Waals surface area contributed by atoms with Crippen molar-refractivity contribution in [3.63, 3.8) is 0 Å². The van der Waals surface area contributed by atoms with Crippen LogP contribution in [0.1, 0.15) is 31.7 Å². The standard InChI is InChI=1S/C16H25N3O.ClH/c1-2-8-18-16(20)14-6-4-9-19(12-14)11-13-5-3-7-15(17)10-13;/h3,5,7,10,14H,2,4,6,8-9,11-12,17H2,1H3,(H,18,20);1H. The first-order valence-corrected chi connectivity index (χ1v) is 7.53. The number of halogens is 1. The fraction of sp³-hybridized carbons (Fsp3) is 0.562. The topological polar surface area (TPSA) is 58.4 Å². The quantitative estimate of drug-likeness (QED) is 0.821. The summed E-state index contributed by atoms with van der Waals surface area (Å²) in [6.07, 6.45) is 3.08. The van der Waals surface area contributed by atoms with Crippen LogP contribution in [0.4, 0.5) is 5.69 Å². The van der Waals surface area contributed by atoms with Gasteiger partial charge < -0.3 is 11.1 Å². The van der Waals surface area contributed by atoms with Crippen LogP contribution in [0.15, 0.2) is 24.3 Å². The van der Waals surface area contributed by atoms with E-state index in [9.17, 15) is 4.79 Å². The van der Waals surface area contributed by atoms with Gasteiger partial charge in [-0.3, -0.25) is 9.69 Å². The fourth-order valence-corrected chi connectivity index (χ4v) is 2.76. The minimum atomic E-state index is 0. The Labute approximate surface area is 133 Å². The summed E-state index contributed by atoms with van der Waals surface area (Å²) in [6.45, 7) is 5.65. The van der Waals surface area contributed by atoms with Gasteiger partial charge >= 0.3 is 0 Å². The smallest absolute Gasteiger partial charge is 0.224 e. The van der Waals surface area contributed by atoms with E-state index in [4.69, 9.17) is 5.73 Å². The van der Waals surface area contributed by atoms with E-state index >= 15 is 0 Å². The summed E-state index contributed by atoms with van der Waals surface area (Å²) in [5, 5.41) is 3.01. The highest BCUT2D eigenvalue weighted by molar-refractivity contribution is 5.85. The SMILES string of the molecule is CCCNC(=O)C1CCCN(Cc2cccc(N)c2)C1.Cl. The number of nitrogens with two attached hydrogens (primary N) is 1. The van der Waals surface area contributed by atoms with Crippen molar-refractivity contribution in [3.05, 3.63) is 29.8 Å². The Bertz CT molecular complexity index is 453. The zero-order valence-corrected chi connectivity index (χ0v) is 13.5. The molecule has 1 unspecified atom stereocenters. The number of rotatable bonds is 5. The average molecular weight is 312 g/mol. The molecule has 0 aromatic heterocycles. The van der Waals surface area contributed by atoms with E-state index in [0.29, 0.717) is 0 Å². The molecular formula is C16H26ClN3O. The normalized spacial score (nSPS) is 18.8. The Kier molecular flexibility index (Phi) is 7.54. The maximum absolute atomic E-state index is 12.1. The number of carbonyl (C=O) groups excluding carboxylic acids is 1. The third-order valence-corrected chi connectivity index (χ3v) is 3.78. The van der Waals surface area contributed by atoms with Crippen LogP contribution >= 0.6 is 12.4 Å². The molecule has 1 saturated heterocycles. The Hall–Kier alpha value is -1.26. The number of likely N-dealkylation sites (tertiary alicyclic amines) is 1. The summed E-state index contributed by atoms with van der Waals surface area (Å²) in [5.74, 6) is 0.348. The summed E-state index contributed by atoms with van der Waals surface area (Å²) < 4.78 is 0. The van der Waals surface area contributed by atoms with E-state index in [1.807, 2.05) is 18.2 Å². The molecule has 2 rings (SSSR count). The molecule has 0 radical (unpaired) electrons. The maximum Gasteiger partial charge on any atom is 0.224 e. The molecule has 21 heavy (non-hydrogen) atoms. The Morgan fingerprint density at radius 3 is 3.00 bits per heavy atom. The number of nitrogens with one attached hydrogen (secondary N) is 1. The predicted octanol–water partition coefficient (Wildman–Crippen LogP) is 2.43. The summed E-state index contributed by atoms with van der Waals surface area (Å²) >= 11 is 0. The van der Waals surface area contributed by atoms with E-state index in [0.717, 1.165) is 51.1 Å². The molecule has 1 aromatic carbocycles. The summed E-state index contributed by atoms with van der Waals surface area (Å²) in [4.78, 5) is 14.4. The second kappa shape index (κ2) is 8.90. The van der Waals surface area contributed by atoms with E-state index in [1.54, 1.807) is 0 Å². The third-order valence-electron chi connectivity index (χ3n) is 3.78. The molecule has 1 aromatic rings. The highest BCUT2D eigenvalue weighted by Crippen LogP contribution is 2.19. The van der Waals surface area contributed by atoms with Crippen LogP contribution in [-0.2, 0) is 11.3 Å². The number of anilines is 1. The number of amides is 1. The predicted molar refractivity (Wildman–Crippen MR) is 89.4 cm³/mol. The Morgan fingerprint density at radius 1 is 1.48 bits per heavy atom. The van der Waals surface area contributed by atoms with Gasteiger partial charge in [-0.15, -0.1) is 12.4 Å². The second-order valence-electron chi connectivity index (χ2n) is 5.61.